The Morgan fingerprint density at radius 2 is 2.12 bits per heavy atom. The number of rotatable bonds is 6. The summed E-state index contributed by atoms with van der Waals surface area (Å²) >= 11 is 0. The highest BCUT2D eigenvalue weighted by Gasteiger charge is 2.39. The molecule has 0 heterocycles. The van der Waals surface area contributed by atoms with Crippen LogP contribution in [0.2, 0.25) is 0 Å². The van der Waals surface area contributed by atoms with Gasteiger partial charge in [0, 0.05) is 19.0 Å². The summed E-state index contributed by atoms with van der Waals surface area (Å²) < 4.78 is 0. The zero-order chi connectivity index (χ0) is 12.2. The second kappa shape index (κ2) is 5.30. The lowest BCUT2D eigenvalue weighted by molar-refractivity contribution is -0.142. The Morgan fingerprint density at radius 1 is 1.50 bits per heavy atom. The van der Waals surface area contributed by atoms with Crippen molar-refractivity contribution in [1.82, 2.24) is 5.32 Å². The number of amides is 1. The molecule has 1 atom stereocenters. The van der Waals surface area contributed by atoms with Crippen molar-refractivity contribution >= 4 is 11.9 Å². The molecule has 0 aliphatic heterocycles. The van der Waals surface area contributed by atoms with Crippen molar-refractivity contribution < 1.29 is 14.7 Å². The van der Waals surface area contributed by atoms with Gasteiger partial charge in [-0.3, -0.25) is 9.59 Å². The first kappa shape index (κ1) is 13.0. The van der Waals surface area contributed by atoms with Crippen LogP contribution in [0, 0.1) is 11.3 Å². The summed E-state index contributed by atoms with van der Waals surface area (Å²) in [5.74, 6) is -1.08. The van der Waals surface area contributed by atoms with Crippen LogP contribution in [-0.2, 0) is 9.59 Å². The van der Waals surface area contributed by atoms with Crippen LogP contribution in [0.1, 0.15) is 32.6 Å². The minimum atomic E-state index is -0.791. The highest BCUT2D eigenvalue weighted by molar-refractivity contribution is 5.78. The Morgan fingerprint density at radius 3 is 2.50 bits per heavy atom. The van der Waals surface area contributed by atoms with Crippen LogP contribution < -0.4 is 11.1 Å². The van der Waals surface area contributed by atoms with E-state index in [0.717, 1.165) is 19.3 Å². The van der Waals surface area contributed by atoms with Crippen LogP contribution in [0.5, 0.6) is 0 Å². The monoisotopic (exact) mass is 228 g/mol. The van der Waals surface area contributed by atoms with Crippen molar-refractivity contribution in [2.45, 2.75) is 32.6 Å². The Bertz CT molecular complexity index is 274. The van der Waals surface area contributed by atoms with Gasteiger partial charge in [-0.1, -0.05) is 13.3 Å². The predicted molar refractivity (Wildman–Crippen MR) is 59.8 cm³/mol. The van der Waals surface area contributed by atoms with Gasteiger partial charge in [-0.2, -0.15) is 0 Å². The van der Waals surface area contributed by atoms with Crippen LogP contribution in [0.4, 0.5) is 0 Å². The van der Waals surface area contributed by atoms with Gasteiger partial charge in [0.1, 0.15) is 0 Å². The summed E-state index contributed by atoms with van der Waals surface area (Å²) in [6.07, 6.45) is 2.97. The molecule has 1 aliphatic carbocycles. The topological polar surface area (TPSA) is 92.4 Å². The third-order valence-corrected chi connectivity index (χ3v) is 3.38. The number of hydrogen-bond donors (Lipinski definition) is 3. The number of carboxylic acid groups (broad SMARTS) is 1. The molecule has 16 heavy (non-hydrogen) atoms. The maximum absolute atomic E-state index is 11.5. The smallest absolute Gasteiger partial charge is 0.303 e. The number of carbonyl (C=O) groups excluding carboxylic acids is 1. The fraction of sp³-hybridized carbons (Fsp3) is 0.818. The molecule has 0 bridgehead atoms. The van der Waals surface area contributed by atoms with Crippen molar-refractivity contribution in [3.05, 3.63) is 0 Å². The van der Waals surface area contributed by atoms with E-state index in [2.05, 4.69) is 5.32 Å². The second-order valence-corrected chi connectivity index (χ2v) is 4.78. The third kappa shape index (κ3) is 3.20. The van der Waals surface area contributed by atoms with Crippen molar-refractivity contribution in [3.8, 4) is 0 Å². The van der Waals surface area contributed by atoms with E-state index in [1.54, 1.807) is 6.92 Å². The van der Waals surface area contributed by atoms with Gasteiger partial charge in [-0.25, -0.2) is 0 Å². The van der Waals surface area contributed by atoms with Crippen LogP contribution in [0.3, 0.4) is 0 Å². The van der Waals surface area contributed by atoms with E-state index in [0.29, 0.717) is 13.1 Å². The molecule has 1 fully saturated rings. The van der Waals surface area contributed by atoms with Gasteiger partial charge < -0.3 is 16.2 Å². The maximum atomic E-state index is 11.5. The van der Waals surface area contributed by atoms with Crippen LogP contribution in [0.15, 0.2) is 0 Å². The first-order chi connectivity index (χ1) is 7.49. The van der Waals surface area contributed by atoms with Gasteiger partial charge in [-0.05, 0) is 18.3 Å². The summed E-state index contributed by atoms with van der Waals surface area (Å²) in [6.45, 7) is 2.54. The summed E-state index contributed by atoms with van der Waals surface area (Å²) in [6, 6.07) is 0. The van der Waals surface area contributed by atoms with E-state index in [1.807, 2.05) is 0 Å². The van der Waals surface area contributed by atoms with Crippen LogP contribution >= 0.6 is 0 Å². The fourth-order valence-corrected chi connectivity index (χ4v) is 1.97. The Hall–Kier alpha value is -1.10. The Kier molecular flexibility index (Phi) is 4.29. The largest absolute Gasteiger partial charge is 0.481 e. The minimum Gasteiger partial charge on any atom is -0.481 e. The summed E-state index contributed by atoms with van der Waals surface area (Å²) in [7, 11) is 0. The number of nitrogens with one attached hydrogen (secondary N) is 1. The van der Waals surface area contributed by atoms with Gasteiger partial charge in [0.05, 0.1) is 6.42 Å². The van der Waals surface area contributed by atoms with Gasteiger partial charge in [0.15, 0.2) is 0 Å². The molecule has 0 radical (unpaired) electrons. The number of aliphatic carboxylic acids is 1. The molecule has 0 saturated heterocycles. The summed E-state index contributed by atoms with van der Waals surface area (Å²) in [5, 5.41) is 11.6. The first-order valence-corrected chi connectivity index (χ1v) is 5.69. The van der Waals surface area contributed by atoms with Crippen molar-refractivity contribution in [1.29, 1.82) is 0 Å². The number of carboxylic acids is 1. The number of hydrogen-bond acceptors (Lipinski definition) is 3. The lowest BCUT2D eigenvalue weighted by atomic mass is 9.66. The molecular weight excluding hydrogens is 208 g/mol. The number of carbonyl (C=O) groups is 2. The van der Waals surface area contributed by atoms with Gasteiger partial charge in [-0.15, -0.1) is 0 Å². The number of nitrogens with two attached hydrogens (primary N) is 1. The molecule has 1 saturated carbocycles. The first-order valence-electron chi connectivity index (χ1n) is 5.69. The average molecular weight is 228 g/mol. The fourth-order valence-electron chi connectivity index (χ4n) is 1.97. The van der Waals surface area contributed by atoms with Gasteiger partial charge >= 0.3 is 5.97 Å². The molecule has 1 aliphatic rings. The van der Waals surface area contributed by atoms with E-state index in [-0.39, 0.29) is 23.7 Å². The molecule has 5 heteroatoms. The SMILES string of the molecule is CC(CN)C(=O)NCC1(CC(=O)O)CCC1. The molecule has 1 unspecified atom stereocenters. The molecule has 92 valence electrons. The molecule has 5 nitrogen and oxygen atoms in total. The highest BCUT2D eigenvalue weighted by atomic mass is 16.4. The van der Waals surface area contributed by atoms with Gasteiger partial charge in [0.25, 0.3) is 0 Å². The summed E-state index contributed by atoms with van der Waals surface area (Å²) in [5.41, 5.74) is 5.17. The molecule has 1 amide bonds. The van der Waals surface area contributed by atoms with Crippen molar-refractivity contribution in [2.24, 2.45) is 17.1 Å². The van der Waals surface area contributed by atoms with E-state index in [9.17, 15) is 9.59 Å². The quantitative estimate of drug-likeness (QED) is 0.611. The Labute approximate surface area is 95.4 Å². The van der Waals surface area contributed by atoms with E-state index in [4.69, 9.17) is 10.8 Å². The lowest BCUT2D eigenvalue weighted by Gasteiger charge is -2.41. The van der Waals surface area contributed by atoms with E-state index in [1.165, 1.54) is 0 Å². The van der Waals surface area contributed by atoms with Crippen LogP contribution in [0.25, 0.3) is 0 Å². The molecule has 4 N–H and O–H groups in total. The molecule has 0 spiro atoms. The molecule has 0 aromatic carbocycles. The molecular formula is C11H20N2O3. The predicted octanol–water partition coefficient (Wildman–Crippen LogP) is 0.342. The third-order valence-electron chi connectivity index (χ3n) is 3.38. The standard InChI is InChI=1S/C11H20N2O3/c1-8(6-12)10(16)13-7-11(3-2-4-11)5-9(14)15/h8H,2-7,12H2,1H3,(H,13,16)(H,14,15). The minimum absolute atomic E-state index is 0.0841. The Balaban J connectivity index is 2.40. The van der Waals surface area contributed by atoms with Crippen LogP contribution in [-0.4, -0.2) is 30.1 Å². The molecule has 1 rings (SSSR count). The zero-order valence-corrected chi connectivity index (χ0v) is 9.66. The van der Waals surface area contributed by atoms with Gasteiger partial charge in [0.2, 0.25) is 5.91 Å². The average Bonchev–Trinajstić information content (AvgIpc) is 2.19. The van der Waals surface area contributed by atoms with Crippen molar-refractivity contribution in [3.63, 3.8) is 0 Å². The van der Waals surface area contributed by atoms with E-state index >= 15 is 0 Å². The maximum Gasteiger partial charge on any atom is 0.303 e. The molecule has 0 aromatic heterocycles. The normalized spacial score (nSPS) is 19.6. The lowest BCUT2D eigenvalue weighted by Crippen LogP contribution is -2.45. The van der Waals surface area contributed by atoms with E-state index < -0.39 is 5.97 Å². The highest BCUT2D eigenvalue weighted by Crippen LogP contribution is 2.43. The summed E-state index contributed by atoms with van der Waals surface area (Å²) in [4.78, 5) is 22.2. The zero-order valence-electron chi connectivity index (χ0n) is 9.66. The molecule has 0 aromatic rings. The second-order valence-electron chi connectivity index (χ2n) is 4.78. The van der Waals surface area contributed by atoms with Crippen molar-refractivity contribution in [2.75, 3.05) is 13.1 Å².